The van der Waals surface area contributed by atoms with Gasteiger partial charge in [0.05, 0.1) is 22.3 Å². The molecule has 286 valence electrons. The van der Waals surface area contributed by atoms with E-state index in [0.717, 1.165) is 22.3 Å². The van der Waals surface area contributed by atoms with Crippen molar-refractivity contribution in [2.75, 3.05) is 0 Å². The van der Waals surface area contributed by atoms with Gasteiger partial charge in [-0.15, -0.1) is 23.8 Å². The van der Waals surface area contributed by atoms with Crippen LogP contribution in [0.25, 0.3) is 83.9 Å². The van der Waals surface area contributed by atoms with Crippen LogP contribution in [0.4, 0.5) is 0 Å². The maximum Gasteiger partial charge on any atom is 0.148 e. The van der Waals surface area contributed by atoms with Gasteiger partial charge in [-0.05, 0) is 87.6 Å². The van der Waals surface area contributed by atoms with Crippen molar-refractivity contribution >= 4 is 11.0 Å². The molecule has 0 aliphatic carbocycles. The molecule has 0 atom stereocenters. The van der Waals surface area contributed by atoms with Gasteiger partial charge in [-0.25, -0.2) is 4.98 Å². The fraction of sp³-hybridized carbons (Fsp3) is 0.0943. The molecule has 4 nitrogen and oxygen atoms in total. The molecule has 9 rings (SSSR count). The number of hydrogen-bond donors (Lipinski definition) is 1. The number of fused-ring (bicyclic) bond motifs is 1. The van der Waals surface area contributed by atoms with Crippen molar-refractivity contribution in [2.24, 2.45) is 0 Å². The summed E-state index contributed by atoms with van der Waals surface area (Å²) in [5.41, 5.74) is 5.33. The van der Waals surface area contributed by atoms with E-state index >= 15 is 0 Å². The quantitative estimate of drug-likeness (QED) is 0.162. The zero-order chi connectivity index (χ0) is 49.1. The molecule has 0 spiro atoms. The van der Waals surface area contributed by atoms with E-state index in [2.05, 4.69) is 6.07 Å². The average molecular weight is 944 g/mol. The molecule has 9 aromatic rings. The van der Waals surface area contributed by atoms with E-state index in [-0.39, 0.29) is 37.9 Å². The van der Waals surface area contributed by atoms with Crippen molar-refractivity contribution in [2.45, 2.75) is 32.8 Å². The third-order valence-electron chi connectivity index (χ3n) is 10.1. The van der Waals surface area contributed by atoms with E-state index in [1.165, 1.54) is 24.3 Å². The normalized spacial score (nSPS) is 15.3. The fourth-order valence-electron chi connectivity index (χ4n) is 7.27. The third kappa shape index (κ3) is 7.44. The maximum atomic E-state index is 11.3. The van der Waals surface area contributed by atoms with Crippen molar-refractivity contribution in [1.82, 2.24) is 14.5 Å². The summed E-state index contributed by atoms with van der Waals surface area (Å²) in [6, 6.07) is 53.6. The van der Waals surface area contributed by atoms with E-state index in [0.29, 0.717) is 61.6 Å². The monoisotopic (exact) mass is 943 g/mol. The zero-order valence-electron chi connectivity index (χ0n) is 42.8. The second-order valence-corrected chi connectivity index (χ2v) is 13.9. The molecule has 0 unspecified atom stereocenters. The molecule has 0 radical (unpaired) electrons. The molecule has 1 N–H and O–H groups in total. The standard InChI is InChI=1S/C53H42N3O.Pt/c1-35-30-39(36-14-7-5-8-15-36)24-27-48(35)56-49-20-13-19-45(51(49)55-52(56)46-18-11-12-21-50(46)57)42-31-41(37-16-9-6-10-17-37)32-43(33-42)47-34-40(28-29-54-47)38-22-25-44(26-23-38)53(2,3)4;/h5-32,34,57H,1-4H3;/q-1;/i1D3,2D3,3D3,4D3;. The molecule has 7 aromatic carbocycles. The van der Waals surface area contributed by atoms with Crippen molar-refractivity contribution in [3.05, 3.63) is 193 Å². The van der Waals surface area contributed by atoms with Crippen LogP contribution in [0, 0.1) is 12.9 Å². The number of phenols is 1. The summed E-state index contributed by atoms with van der Waals surface area (Å²) in [7, 11) is 0. The number of rotatable bonds is 7. The Kier molecular flexibility index (Phi) is 7.27. The smallest absolute Gasteiger partial charge is 0.148 e. The van der Waals surface area contributed by atoms with Crippen molar-refractivity contribution in [1.29, 1.82) is 0 Å². The summed E-state index contributed by atoms with van der Waals surface area (Å²) in [4.78, 5) is 9.94. The first-order valence-corrected chi connectivity index (χ1v) is 18.4. The number of hydrogen-bond acceptors (Lipinski definition) is 3. The minimum Gasteiger partial charge on any atom is -0.507 e. The van der Waals surface area contributed by atoms with Crippen LogP contribution in [0.5, 0.6) is 5.75 Å². The van der Waals surface area contributed by atoms with Gasteiger partial charge < -0.3 is 5.11 Å². The first kappa shape index (κ1) is 26.5. The Hall–Kier alpha value is -6.35. The summed E-state index contributed by atoms with van der Waals surface area (Å²) in [5, 5.41) is 11.3. The molecule has 0 fully saturated rings. The van der Waals surface area contributed by atoms with Gasteiger partial charge in [-0.2, -0.15) is 0 Å². The fourth-order valence-corrected chi connectivity index (χ4v) is 7.27. The minimum atomic E-state index is -3.39. The average Bonchev–Trinajstić information content (AvgIpc) is 3.70. The molecule has 5 heteroatoms. The molecular weight excluding hydrogens is 890 g/mol. The second-order valence-electron chi connectivity index (χ2n) is 13.9. The third-order valence-corrected chi connectivity index (χ3v) is 10.1. The summed E-state index contributed by atoms with van der Waals surface area (Å²) >= 11 is 0. The Morgan fingerprint density at radius 2 is 1.22 bits per heavy atom. The maximum absolute atomic E-state index is 11.3. The van der Waals surface area contributed by atoms with Gasteiger partial charge in [0.1, 0.15) is 11.6 Å². The molecule has 58 heavy (non-hydrogen) atoms. The molecule has 0 aliphatic rings. The molecule has 0 amide bonds. The largest absolute Gasteiger partial charge is 0.507 e. The van der Waals surface area contributed by atoms with E-state index in [4.69, 9.17) is 26.4 Å². The van der Waals surface area contributed by atoms with Gasteiger partial charge in [0.2, 0.25) is 0 Å². The van der Waals surface area contributed by atoms with Gasteiger partial charge in [-0.1, -0.05) is 159 Å². The van der Waals surface area contributed by atoms with E-state index < -0.39 is 32.8 Å². The van der Waals surface area contributed by atoms with Crippen LogP contribution in [0.15, 0.2) is 176 Å². The SMILES string of the molecule is [2H]C([2H])([2H])c1cc(-c2ccccc2)ccc1-n1c(-c2ccccc2O)nc2c(-c3[c-]c(-c4cc(-c5ccc(C(C([2H])([2H])[2H])(C([2H])([2H])[2H])C([2H])([2H])[2H])cc5)ccn4)cc(-c4ccccc4)c3)cccc21.[Pt]. The summed E-state index contributed by atoms with van der Waals surface area (Å²) < 4.78 is 101. The Morgan fingerprint density at radius 3 is 1.95 bits per heavy atom. The van der Waals surface area contributed by atoms with Crippen LogP contribution in [0.1, 0.15) is 48.1 Å². The predicted molar refractivity (Wildman–Crippen MR) is 235 cm³/mol. The van der Waals surface area contributed by atoms with E-state index in [9.17, 15) is 5.11 Å². The Labute approximate surface area is 371 Å². The van der Waals surface area contributed by atoms with E-state index in [1.54, 1.807) is 53.2 Å². The van der Waals surface area contributed by atoms with Gasteiger partial charge >= 0.3 is 0 Å². The van der Waals surface area contributed by atoms with Crippen molar-refractivity contribution < 1.29 is 42.6 Å². The van der Waals surface area contributed by atoms with Crippen molar-refractivity contribution in [3.8, 4) is 78.6 Å². The predicted octanol–water partition coefficient (Wildman–Crippen LogP) is 13.5. The van der Waals surface area contributed by atoms with Gasteiger partial charge in [-0.3, -0.25) is 9.55 Å². The molecule has 0 bridgehead atoms. The number of benzene rings is 7. The summed E-state index contributed by atoms with van der Waals surface area (Å²) in [5.74, 6) is 0.279. The first-order valence-electron chi connectivity index (χ1n) is 24.4. The first-order chi connectivity index (χ1) is 32.7. The number of aromatic hydroxyl groups is 1. The molecule has 0 saturated carbocycles. The van der Waals surface area contributed by atoms with Crippen LogP contribution >= 0.6 is 0 Å². The van der Waals surface area contributed by atoms with E-state index in [1.807, 2.05) is 103 Å². The molecular formula is C53H42N3OPt-. The van der Waals surface area contributed by atoms with Crippen LogP contribution in [0.3, 0.4) is 0 Å². The number of para-hydroxylation sites is 2. The van der Waals surface area contributed by atoms with Crippen LogP contribution in [-0.2, 0) is 26.5 Å². The van der Waals surface area contributed by atoms with Gasteiger partial charge in [0.15, 0.2) is 0 Å². The zero-order valence-corrected chi connectivity index (χ0v) is 33.1. The number of imidazole rings is 1. The Bertz CT molecular complexity index is 3310. The van der Waals surface area contributed by atoms with Crippen LogP contribution in [-0.4, -0.2) is 19.6 Å². The topological polar surface area (TPSA) is 50.9 Å². The van der Waals surface area contributed by atoms with Gasteiger partial charge in [0.25, 0.3) is 0 Å². The summed E-state index contributed by atoms with van der Waals surface area (Å²) in [6.45, 7) is -12.7. The number of aromatic nitrogens is 3. The Morgan fingerprint density at radius 1 is 0.586 bits per heavy atom. The molecule has 2 aromatic heterocycles. The van der Waals surface area contributed by atoms with Gasteiger partial charge in [0, 0.05) is 49.4 Å². The molecule has 0 saturated heterocycles. The second kappa shape index (κ2) is 15.9. The Balaban J connectivity index is 0.00000659. The molecule has 0 aliphatic heterocycles. The van der Waals surface area contributed by atoms with Crippen LogP contribution in [0.2, 0.25) is 0 Å². The summed E-state index contributed by atoms with van der Waals surface area (Å²) in [6.07, 6.45) is 1.60. The molecule has 2 heterocycles. The van der Waals surface area contributed by atoms with Crippen LogP contribution < -0.4 is 0 Å². The van der Waals surface area contributed by atoms with Crippen molar-refractivity contribution in [3.63, 3.8) is 0 Å². The number of nitrogens with zero attached hydrogens (tertiary/aromatic N) is 3. The minimum absolute atomic E-state index is 0. The number of aryl methyl sites for hydroxylation is 1. The number of pyridine rings is 1. The number of phenolic OH excluding ortho intramolecular Hbond substituents is 1.